The van der Waals surface area contributed by atoms with Crippen LogP contribution in [0, 0.1) is 6.92 Å². The molecule has 1 aromatic carbocycles. The fourth-order valence-corrected chi connectivity index (χ4v) is 2.11. The number of benzene rings is 1. The van der Waals surface area contributed by atoms with E-state index in [1.54, 1.807) is 0 Å². The predicted octanol–water partition coefficient (Wildman–Crippen LogP) is 4.06. The maximum Gasteiger partial charge on any atom is 0.137 e. The number of hydrogen-bond donors (Lipinski definition) is 1. The highest BCUT2D eigenvalue weighted by molar-refractivity contribution is 5.80. The minimum Gasteiger partial charge on any atom is -0.461 e. The Hall–Kier alpha value is -1.28. The third kappa shape index (κ3) is 3.36. The Morgan fingerprint density at radius 1 is 1.22 bits per heavy atom. The first kappa shape index (κ1) is 13.2. The minimum absolute atomic E-state index is 0.199. The van der Waals surface area contributed by atoms with Crippen molar-refractivity contribution in [3.63, 3.8) is 0 Å². The molecule has 1 N–H and O–H groups in total. The molecule has 0 spiro atoms. The molecule has 1 aromatic heterocycles. The second-order valence-electron chi connectivity index (χ2n) is 5.99. The molecular formula is C16H23NO. The van der Waals surface area contributed by atoms with E-state index in [-0.39, 0.29) is 5.54 Å². The molecule has 0 fully saturated rings. The molecule has 0 radical (unpaired) electrons. The third-order valence-electron chi connectivity index (χ3n) is 3.05. The summed E-state index contributed by atoms with van der Waals surface area (Å²) in [6, 6.07) is 8.46. The summed E-state index contributed by atoms with van der Waals surface area (Å²) >= 11 is 0. The molecule has 2 nitrogen and oxygen atoms in total. The van der Waals surface area contributed by atoms with Crippen LogP contribution in [0.4, 0.5) is 0 Å². The molecule has 2 aromatic rings. The zero-order chi connectivity index (χ0) is 13.2. The van der Waals surface area contributed by atoms with Gasteiger partial charge >= 0.3 is 0 Å². The summed E-state index contributed by atoms with van der Waals surface area (Å²) in [6.45, 7) is 9.70. The van der Waals surface area contributed by atoms with Crippen LogP contribution in [0.5, 0.6) is 0 Å². The van der Waals surface area contributed by atoms with Gasteiger partial charge in [-0.3, -0.25) is 0 Å². The second kappa shape index (κ2) is 5.15. The van der Waals surface area contributed by atoms with E-state index in [1.165, 1.54) is 10.9 Å². The van der Waals surface area contributed by atoms with E-state index in [2.05, 4.69) is 57.3 Å². The lowest BCUT2D eigenvalue weighted by atomic mass is 10.1. The van der Waals surface area contributed by atoms with Crippen molar-refractivity contribution in [1.82, 2.24) is 5.32 Å². The predicted molar refractivity (Wildman–Crippen MR) is 77.0 cm³/mol. The van der Waals surface area contributed by atoms with Crippen molar-refractivity contribution >= 4 is 11.0 Å². The summed E-state index contributed by atoms with van der Waals surface area (Å²) in [6.07, 6.45) is 2.10. The number of para-hydroxylation sites is 1. The van der Waals surface area contributed by atoms with E-state index < -0.39 is 0 Å². The van der Waals surface area contributed by atoms with Gasteiger partial charge in [-0.25, -0.2) is 0 Å². The van der Waals surface area contributed by atoms with Crippen molar-refractivity contribution in [2.45, 2.75) is 46.1 Å². The highest BCUT2D eigenvalue weighted by atomic mass is 16.3. The molecule has 98 valence electrons. The summed E-state index contributed by atoms with van der Waals surface area (Å²) < 4.78 is 5.90. The summed E-state index contributed by atoms with van der Waals surface area (Å²) in [5, 5.41) is 4.71. The molecular weight excluding hydrogens is 222 g/mol. The Morgan fingerprint density at radius 3 is 2.67 bits per heavy atom. The van der Waals surface area contributed by atoms with Crippen LogP contribution >= 0.6 is 0 Å². The first-order chi connectivity index (χ1) is 8.46. The Balaban J connectivity index is 1.94. The van der Waals surface area contributed by atoms with Crippen molar-refractivity contribution < 1.29 is 4.42 Å². The fraction of sp³-hybridized carbons (Fsp3) is 0.500. The largest absolute Gasteiger partial charge is 0.461 e. The van der Waals surface area contributed by atoms with Crippen molar-refractivity contribution in [2.75, 3.05) is 6.54 Å². The van der Waals surface area contributed by atoms with Crippen LogP contribution in [0.25, 0.3) is 11.0 Å². The summed E-state index contributed by atoms with van der Waals surface area (Å²) in [5.74, 6) is 1.09. The molecule has 18 heavy (non-hydrogen) atoms. The minimum atomic E-state index is 0.199. The summed E-state index contributed by atoms with van der Waals surface area (Å²) in [5.41, 5.74) is 2.45. The van der Waals surface area contributed by atoms with Crippen molar-refractivity contribution in [3.05, 3.63) is 35.6 Å². The Bertz CT molecular complexity index is 519. The van der Waals surface area contributed by atoms with Crippen LogP contribution in [0.15, 0.2) is 28.7 Å². The third-order valence-corrected chi connectivity index (χ3v) is 3.05. The van der Waals surface area contributed by atoms with Gasteiger partial charge in [0.1, 0.15) is 11.3 Å². The Kier molecular flexibility index (Phi) is 3.76. The van der Waals surface area contributed by atoms with Gasteiger partial charge in [-0.2, -0.15) is 0 Å². The quantitative estimate of drug-likeness (QED) is 0.822. The molecule has 0 atom stereocenters. The lowest BCUT2D eigenvalue weighted by Crippen LogP contribution is -2.36. The molecule has 0 unspecified atom stereocenters. The van der Waals surface area contributed by atoms with E-state index in [1.807, 2.05) is 0 Å². The average Bonchev–Trinajstić information content (AvgIpc) is 2.68. The standard InChI is InChI=1S/C16H23NO/c1-12-7-5-8-13-11-14(18-15(12)13)9-6-10-17-16(2,3)4/h5,7-8,11,17H,6,9-10H2,1-4H3. The van der Waals surface area contributed by atoms with Gasteiger partial charge in [-0.15, -0.1) is 0 Å². The average molecular weight is 245 g/mol. The Morgan fingerprint density at radius 2 is 2.00 bits per heavy atom. The first-order valence-electron chi connectivity index (χ1n) is 6.69. The fourth-order valence-electron chi connectivity index (χ4n) is 2.11. The van der Waals surface area contributed by atoms with E-state index in [0.717, 1.165) is 30.7 Å². The van der Waals surface area contributed by atoms with Crippen molar-refractivity contribution in [2.24, 2.45) is 0 Å². The van der Waals surface area contributed by atoms with Crippen LogP contribution in [0.1, 0.15) is 38.5 Å². The molecule has 0 saturated carbocycles. The first-order valence-corrected chi connectivity index (χ1v) is 6.69. The zero-order valence-corrected chi connectivity index (χ0v) is 11.8. The molecule has 2 rings (SSSR count). The summed E-state index contributed by atoms with van der Waals surface area (Å²) in [4.78, 5) is 0. The monoisotopic (exact) mass is 245 g/mol. The smallest absolute Gasteiger partial charge is 0.137 e. The van der Waals surface area contributed by atoms with Crippen molar-refractivity contribution in [3.8, 4) is 0 Å². The molecule has 0 aliphatic heterocycles. The van der Waals surface area contributed by atoms with Gasteiger partial charge in [-0.1, -0.05) is 18.2 Å². The van der Waals surface area contributed by atoms with E-state index >= 15 is 0 Å². The van der Waals surface area contributed by atoms with Gasteiger partial charge in [-0.05, 0) is 52.3 Å². The number of rotatable bonds is 4. The van der Waals surface area contributed by atoms with Gasteiger partial charge in [0, 0.05) is 17.3 Å². The van der Waals surface area contributed by atoms with E-state index in [9.17, 15) is 0 Å². The van der Waals surface area contributed by atoms with E-state index in [4.69, 9.17) is 4.42 Å². The number of hydrogen-bond acceptors (Lipinski definition) is 2. The molecule has 0 amide bonds. The normalized spacial score (nSPS) is 12.2. The van der Waals surface area contributed by atoms with Crippen molar-refractivity contribution in [1.29, 1.82) is 0 Å². The van der Waals surface area contributed by atoms with Crippen LogP contribution < -0.4 is 5.32 Å². The van der Waals surface area contributed by atoms with Gasteiger partial charge in [0.15, 0.2) is 0 Å². The second-order valence-corrected chi connectivity index (χ2v) is 5.99. The van der Waals surface area contributed by atoms with Gasteiger partial charge in [0.05, 0.1) is 0 Å². The zero-order valence-electron chi connectivity index (χ0n) is 11.8. The SMILES string of the molecule is Cc1cccc2cc(CCCNC(C)(C)C)oc12. The van der Waals surface area contributed by atoms with Crippen LogP contribution in [-0.2, 0) is 6.42 Å². The lowest BCUT2D eigenvalue weighted by Gasteiger charge is -2.20. The molecule has 0 saturated heterocycles. The topological polar surface area (TPSA) is 25.2 Å². The Labute approximate surface area is 109 Å². The molecule has 0 aliphatic carbocycles. The van der Waals surface area contributed by atoms with Gasteiger partial charge in [0.25, 0.3) is 0 Å². The molecule has 1 heterocycles. The molecule has 0 aliphatic rings. The number of nitrogens with one attached hydrogen (secondary N) is 1. The van der Waals surface area contributed by atoms with E-state index in [0.29, 0.717) is 0 Å². The maximum atomic E-state index is 5.90. The van der Waals surface area contributed by atoms with Gasteiger partial charge < -0.3 is 9.73 Å². The van der Waals surface area contributed by atoms with Crippen LogP contribution in [0.2, 0.25) is 0 Å². The highest BCUT2D eigenvalue weighted by Crippen LogP contribution is 2.23. The van der Waals surface area contributed by atoms with Crippen LogP contribution in [-0.4, -0.2) is 12.1 Å². The highest BCUT2D eigenvalue weighted by Gasteiger charge is 2.09. The number of aryl methyl sites for hydroxylation is 2. The lowest BCUT2D eigenvalue weighted by molar-refractivity contribution is 0.416. The number of fused-ring (bicyclic) bond motifs is 1. The maximum absolute atomic E-state index is 5.90. The summed E-state index contributed by atoms with van der Waals surface area (Å²) in [7, 11) is 0. The van der Waals surface area contributed by atoms with Gasteiger partial charge in [0.2, 0.25) is 0 Å². The number of furan rings is 1. The molecule has 0 bridgehead atoms. The molecule has 2 heteroatoms. The van der Waals surface area contributed by atoms with Crippen LogP contribution in [0.3, 0.4) is 0 Å².